The largest absolute Gasteiger partial charge is 0.402 e. The fourth-order valence-electron chi connectivity index (χ4n) is 4.06. The zero-order valence-corrected chi connectivity index (χ0v) is 18.9. The van der Waals surface area contributed by atoms with Gasteiger partial charge >= 0.3 is 11.9 Å². The van der Waals surface area contributed by atoms with Gasteiger partial charge in [0.2, 0.25) is 0 Å². The van der Waals surface area contributed by atoms with E-state index in [4.69, 9.17) is 16.3 Å². The molecule has 1 N–H and O–H groups in total. The number of hydrogen-bond acceptors (Lipinski definition) is 6. The first-order chi connectivity index (χ1) is 15.4. The Kier molecular flexibility index (Phi) is 6.41. The molecular formula is C24H26ClN4O3+. The average Bonchev–Trinajstić information content (AvgIpc) is 2.90. The van der Waals surface area contributed by atoms with E-state index in [1.165, 1.54) is 12.5 Å². The smallest absolute Gasteiger partial charge is 0.384 e. The molecule has 7 nitrogen and oxygen atoms in total. The summed E-state index contributed by atoms with van der Waals surface area (Å²) in [4.78, 5) is 27.8. The van der Waals surface area contributed by atoms with Crippen molar-refractivity contribution in [3.63, 3.8) is 0 Å². The molecule has 2 aliphatic heterocycles. The van der Waals surface area contributed by atoms with Crippen LogP contribution in [0.2, 0.25) is 5.02 Å². The molecule has 2 aromatic carbocycles. The Balaban J connectivity index is 1.73. The minimum absolute atomic E-state index is 0.0222. The molecule has 1 fully saturated rings. The van der Waals surface area contributed by atoms with Crippen LogP contribution in [0.1, 0.15) is 18.9 Å². The lowest BCUT2D eigenvalue weighted by molar-refractivity contribution is -0.132. The van der Waals surface area contributed by atoms with Crippen LogP contribution in [0.4, 0.5) is 5.69 Å². The highest BCUT2D eigenvalue weighted by Crippen LogP contribution is 2.36. The van der Waals surface area contributed by atoms with Crippen molar-refractivity contribution < 1.29 is 14.3 Å². The molecule has 0 radical (unpaired) electrons. The van der Waals surface area contributed by atoms with E-state index in [1.807, 2.05) is 18.2 Å². The molecule has 2 aromatic rings. The summed E-state index contributed by atoms with van der Waals surface area (Å²) >= 11 is 6.40. The van der Waals surface area contributed by atoms with Gasteiger partial charge in [0, 0.05) is 44.9 Å². The van der Waals surface area contributed by atoms with Crippen molar-refractivity contribution >= 4 is 35.1 Å². The zero-order valence-electron chi connectivity index (χ0n) is 18.2. The number of benzene rings is 2. The van der Waals surface area contributed by atoms with E-state index in [1.54, 1.807) is 31.3 Å². The molecule has 0 spiro atoms. The third-order valence-corrected chi connectivity index (χ3v) is 5.92. The van der Waals surface area contributed by atoms with Crippen LogP contribution in [0.25, 0.3) is 0 Å². The topological polar surface area (TPSA) is 71.0 Å². The maximum atomic E-state index is 13.7. The van der Waals surface area contributed by atoms with Gasteiger partial charge in [-0.05, 0) is 23.2 Å². The van der Waals surface area contributed by atoms with Crippen molar-refractivity contribution in [1.29, 1.82) is 0 Å². The van der Waals surface area contributed by atoms with Crippen LogP contribution in [0.3, 0.4) is 0 Å². The van der Waals surface area contributed by atoms with E-state index in [-0.39, 0.29) is 11.8 Å². The van der Waals surface area contributed by atoms with Crippen molar-refractivity contribution in [2.75, 3.05) is 26.7 Å². The molecule has 1 saturated heterocycles. The van der Waals surface area contributed by atoms with Gasteiger partial charge < -0.3 is 10.1 Å². The highest BCUT2D eigenvalue weighted by atomic mass is 35.5. The number of carbonyl (C=O) groups is 2. The second-order valence-corrected chi connectivity index (χ2v) is 8.45. The number of hydrogen-bond donors (Lipinski definition) is 1. The van der Waals surface area contributed by atoms with Crippen LogP contribution in [0.5, 0.6) is 0 Å². The standard InChI is InChI=1S/C24H25ClN4O3/c1-17(30)32-23-22(24(31)29(2,27-23)21-12-7-6-11-19(21)25)20-16-28(14-8-13-26-20)15-18-9-4-3-5-10-18/h3-7,9-12H,8,13-16H2,1-2H3/p+1. The minimum atomic E-state index is -0.531. The Morgan fingerprint density at radius 1 is 1.19 bits per heavy atom. The Bertz CT molecular complexity index is 1100. The van der Waals surface area contributed by atoms with E-state index in [2.05, 4.69) is 27.5 Å². The van der Waals surface area contributed by atoms with Gasteiger partial charge in [-0.3, -0.25) is 9.69 Å². The van der Waals surface area contributed by atoms with Crippen molar-refractivity contribution in [3.8, 4) is 0 Å². The van der Waals surface area contributed by atoms with Crippen molar-refractivity contribution in [1.82, 2.24) is 14.8 Å². The van der Waals surface area contributed by atoms with Crippen LogP contribution >= 0.6 is 11.6 Å². The van der Waals surface area contributed by atoms with Crippen LogP contribution in [-0.2, 0) is 20.9 Å². The summed E-state index contributed by atoms with van der Waals surface area (Å²) in [5.41, 5.74) is 2.72. The molecular weight excluding hydrogens is 428 g/mol. The number of carbonyl (C=O) groups excluding carboxylic acids is 2. The van der Waals surface area contributed by atoms with Crippen molar-refractivity contribution in [3.05, 3.63) is 76.5 Å². The van der Waals surface area contributed by atoms with Crippen molar-refractivity contribution in [2.45, 2.75) is 19.9 Å². The van der Waals surface area contributed by atoms with Crippen molar-refractivity contribution in [2.24, 2.45) is 5.10 Å². The normalized spacial score (nSPS) is 24.0. The number of amides is 1. The lowest BCUT2D eigenvalue weighted by Crippen LogP contribution is -2.43. The van der Waals surface area contributed by atoms with Gasteiger partial charge in [-0.15, -0.1) is 0 Å². The quantitative estimate of drug-likeness (QED) is 0.438. The van der Waals surface area contributed by atoms with Gasteiger partial charge in [0.25, 0.3) is 5.90 Å². The first-order valence-electron chi connectivity index (χ1n) is 10.6. The highest BCUT2D eigenvalue weighted by Gasteiger charge is 2.51. The SMILES string of the molecule is CC(=O)OC1=N[N+](C)(c2ccccc2Cl)C(=O)/C1=C1/CN(Cc2ccccc2)CCCN1. The Hall–Kier alpha value is -3.00. The van der Waals surface area contributed by atoms with Gasteiger partial charge in [-0.25, -0.2) is 4.79 Å². The molecule has 8 heteroatoms. The Morgan fingerprint density at radius 3 is 2.62 bits per heavy atom. The third-order valence-electron chi connectivity index (χ3n) is 5.60. The highest BCUT2D eigenvalue weighted by molar-refractivity contribution is 6.35. The van der Waals surface area contributed by atoms with Gasteiger partial charge in [0.15, 0.2) is 11.3 Å². The van der Waals surface area contributed by atoms with Gasteiger partial charge in [0.05, 0.1) is 0 Å². The van der Waals surface area contributed by atoms with Crippen LogP contribution < -0.4 is 9.91 Å². The molecule has 1 amide bonds. The molecule has 1 unspecified atom stereocenters. The fourth-order valence-corrected chi connectivity index (χ4v) is 4.36. The lowest BCUT2D eigenvalue weighted by atomic mass is 10.1. The molecule has 4 rings (SSSR count). The predicted octanol–water partition coefficient (Wildman–Crippen LogP) is 3.44. The van der Waals surface area contributed by atoms with E-state index < -0.39 is 10.6 Å². The predicted molar refractivity (Wildman–Crippen MR) is 125 cm³/mol. The van der Waals surface area contributed by atoms with E-state index in [9.17, 15) is 9.59 Å². The number of quaternary nitrogens is 1. The maximum Gasteiger partial charge on any atom is 0.384 e. The van der Waals surface area contributed by atoms with Crippen LogP contribution in [-0.4, -0.2) is 49.4 Å². The summed E-state index contributed by atoms with van der Waals surface area (Å²) in [6.45, 7) is 4.16. The number of halogens is 1. The number of likely N-dealkylation sites (N-methyl/N-ethyl adjacent to an activating group) is 1. The molecule has 32 heavy (non-hydrogen) atoms. The summed E-state index contributed by atoms with van der Waals surface area (Å²) in [6.07, 6.45) is 0.925. The second kappa shape index (κ2) is 9.24. The third kappa shape index (κ3) is 4.46. The summed E-state index contributed by atoms with van der Waals surface area (Å²) in [5.74, 6) is -0.801. The number of rotatable bonds is 3. The molecule has 166 valence electrons. The fraction of sp³-hybridized carbons (Fsp3) is 0.292. The van der Waals surface area contributed by atoms with Crippen LogP contribution in [0.15, 0.2) is 71.0 Å². The van der Waals surface area contributed by atoms with E-state index in [0.29, 0.717) is 35.1 Å². The molecule has 0 aliphatic carbocycles. The molecule has 2 heterocycles. The molecule has 0 aromatic heterocycles. The maximum absolute atomic E-state index is 13.7. The number of nitrogens with zero attached hydrogens (tertiary/aromatic N) is 3. The summed E-state index contributed by atoms with van der Waals surface area (Å²) in [6, 6.07) is 17.3. The average molecular weight is 454 g/mol. The summed E-state index contributed by atoms with van der Waals surface area (Å²) in [7, 11) is 1.65. The van der Waals surface area contributed by atoms with Crippen LogP contribution in [0, 0.1) is 0 Å². The van der Waals surface area contributed by atoms with E-state index in [0.717, 1.165) is 19.5 Å². The monoisotopic (exact) mass is 453 g/mol. The van der Waals surface area contributed by atoms with Gasteiger partial charge in [-0.1, -0.05) is 58.7 Å². The summed E-state index contributed by atoms with van der Waals surface area (Å²) < 4.78 is 4.97. The van der Waals surface area contributed by atoms with Gasteiger partial charge in [0.1, 0.15) is 12.1 Å². The second-order valence-electron chi connectivity index (χ2n) is 8.04. The lowest BCUT2D eigenvalue weighted by Gasteiger charge is -2.22. The molecule has 2 aliphatic rings. The molecule has 0 saturated carbocycles. The first kappa shape index (κ1) is 22.2. The summed E-state index contributed by atoms with van der Waals surface area (Å²) in [5, 5.41) is 8.32. The van der Waals surface area contributed by atoms with E-state index >= 15 is 0 Å². The molecule has 0 bridgehead atoms. The zero-order chi connectivity index (χ0) is 22.7. The molecule has 1 atom stereocenters. The number of esters is 1. The minimum Gasteiger partial charge on any atom is -0.402 e. The Labute approximate surface area is 192 Å². The number of nitrogens with one attached hydrogen (secondary N) is 1. The van der Waals surface area contributed by atoms with Gasteiger partial charge in [-0.2, -0.15) is 0 Å². The number of ether oxygens (including phenoxy) is 1. The first-order valence-corrected chi connectivity index (χ1v) is 10.9. The number of para-hydroxylation sites is 1. The Morgan fingerprint density at radius 2 is 1.91 bits per heavy atom.